The number of nitrogens with one attached hydrogen (secondary N) is 1. The zero-order chi connectivity index (χ0) is 14.3. The number of halogens is 1. The summed E-state index contributed by atoms with van der Waals surface area (Å²) in [5.74, 6) is -0.414. The Hall–Kier alpha value is -1.95. The predicted octanol–water partition coefficient (Wildman–Crippen LogP) is 0.764. The largest absolute Gasteiger partial charge is 0.317 e. The Balaban J connectivity index is 2.35. The molecule has 1 aromatic carbocycles. The van der Waals surface area contributed by atoms with Crippen molar-refractivity contribution in [1.29, 1.82) is 0 Å². The highest BCUT2D eigenvalue weighted by Gasteiger charge is 2.21. The van der Waals surface area contributed by atoms with Crippen LogP contribution < -0.4 is 16.4 Å². The zero-order valence-corrected chi connectivity index (χ0v) is 11.2. The molecule has 0 unspecified atom stereocenters. The molecule has 2 aromatic rings. The molecule has 5 nitrogen and oxygen atoms in total. The van der Waals surface area contributed by atoms with Crippen LogP contribution in [0.4, 0.5) is 4.39 Å². The lowest BCUT2D eigenvalue weighted by atomic mass is 10.1. The Morgan fingerprint density at radius 1 is 1.15 bits per heavy atom. The molecule has 0 radical (unpaired) electrons. The Bertz CT molecular complexity index is 772. The summed E-state index contributed by atoms with van der Waals surface area (Å²) in [5, 5.41) is 3.23. The molecule has 106 valence electrons. The van der Waals surface area contributed by atoms with E-state index in [-0.39, 0.29) is 6.04 Å². The van der Waals surface area contributed by atoms with Crippen molar-refractivity contribution in [2.45, 2.75) is 18.9 Å². The van der Waals surface area contributed by atoms with Crippen LogP contribution in [0.25, 0.3) is 11.0 Å². The van der Waals surface area contributed by atoms with E-state index in [1.807, 2.05) is 0 Å². The fourth-order valence-corrected chi connectivity index (χ4v) is 2.86. The summed E-state index contributed by atoms with van der Waals surface area (Å²) in [6, 6.07) is 4.19. The van der Waals surface area contributed by atoms with E-state index < -0.39 is 16.9 Å². The summed E-state index contributed by atoms with van der Waals surface area (Å²) in [4.78, 5) is 24.4. The number of fused-ring (bicyclic) bond motifs is 1. The second-order valence-electron chi connectivity index (χ2n) is 5.15. The molecule has 0 bridgehead atoms. The van der Waals surface area contributed by atoms with E-state index in [0.717, 1.165) is 25.9 Å². The number of benzene rings is 1. The third kappa shape index (κ3) is 1.96. The van der Waals surface area contributed by atoms with Crippen LogP contribution in [0.5, 0.6) is 0 Å². The maximum Gasteiger partial charge on any atom is 0.317 e. The first kappa shape index (κ1) is 13.1. The van der Waals surface area contributed by atoms with E-state index in [1.54, 1.807) is 6.07 Å². The predicted molar refractivity (Wildman–Crippen MR) is 74.5 cm³/mol. The van der Waals surface area contributed by atoms with Crippen LogP contribution in [0, 0.1) is 5.82 Å². The molecule has 2 heterocycles. The van der Waals surface area contributed by atoms with Crippen LogP contribution in [0.15, 0.2) is 27.8 Å². The molecule has 1 saturated heterocycles. The van der Waals surface area contributed by atoms with E-state index in [2.05, 4.69) is 5.32 Å². The van der Waals surface area contributed by atoms with Gasteiger partial charge in [-0.25, -0.2) is 4.39 Å². The first-order valence-corrected chi connectivity index (χ1v) is 6.71. The van der Waals surface area contributed by atoms with Crippen LogP contribution in [-0.4, -0.2) is 22.2 Å². The summed E-state index contributed by atoms with van der Waals surface area (Å²) < 4.78 is 16.2. The molecular formula is C14H16FN3O2. The van der Waals surface area contributed by atoms with Crippen LogP contribution in [-0.2, 0) is 7.05 Å². The normalized spacial score (nSPS) is 16.7. The van der Waals surface area contributed by atoms with Crippen LogP contribution in [0.3, 0.4) is 0 Å². The Labute approximate surface area is 114 Å². The molecule has 1 N–H and O–H groups in total. The van der Waals surface area contributed by atoms with Gasteiger partial charge >= 0.3 is 11.1 Å². The molecule has 1 fully saturated rings. The smallest absolute Gasteiger partial charge is 0.317 e. The van der Waals surface area contributed by atoms with Gasteiger partial charge in [0.2, 0.25) is 0 Å². The number of piperidine rings is 1. The molecular weight excluding hydrogens is 261 g/mol. The van der Waals surface area contributed by atoms with E-state index in [4.69, 9.17) is 0 Å². The topological polar surface area (TPSA) is 56.0 Å². The quantitative estimate of drug-likeness (QED) is 0.783. The molecule has 0 saturated carbocycles. The Morgan fingerprint density at radius 3 is 2.55 bits per heavy atom. The number of rotatable bonds is 1. The van der Waals surface area contributed by atoms with Crippen molar-refractivity contribution in [3.05, 3.63) is 44.7 Å². The minimum absolute atomic E-state index is 0.00869. The highest BCUT2D eigenvalue weighted by molar-refractivity contribution is 5.75. The minimum atomic E-state index is -0.610. The lowest BCUT2D eigenvalue weighted by Crippen LogP contribution is -2.44. The number of hydrogen-bond donors (Lipinski definition) is 1. The summed E-state index contributed by atoms with van der Waals surface area (Å²) in [5.41, 5.74) is -0.0707. The lowest BCUT2D eigenvalue weighted by Gasteiger charge is -2.26. The molecule has 0 aliphatic carbocycles. The third-order valence-corrected chi connectivity index (χ3v) is 3.94. The summed E-state index contributed by atoms with van der Waals surface area (Å²) >= 11 is 0. The highest BCUT2D eigenvalue weighted by atomic mass is 19.1. The van der Waals surface area contributed by atoms with Gasteiger partial charge in [-0.15, -0.1) is 0 Å². The number of hydrogen-bond acceptors (Lipinski definition) is 3. The van der Waals surface area contributed by atoms with Crippen molar-refractivity contribution in [3.8, 4) is 0 Å². The molecule has 1 aromatic heterocycles. The second kappa shape index (κ2) is 4.86. The molecule has 0 atom stereocenters. The number of aromatic nitrogens is 2. The van der Waals surface area contributed by atoms with Crippen molar-refractivity contribution >= 4 is 11.0 Å². The van der Waals surface area contributed by atoms with Gasteiger partial charge < -0.3 is 9.88 Å². The van der Waals surface area contributed by atoms with Crippen LogP contribution >= 0.6 is 0 Å². The molecule has 20 heavy (non-hydrogen) atoms. The highest BCUT2D eigenvalue weighted by Crippen LogP contribution is 2.21. The van der Waals surface area contributed by atoms with Crippen molar-refractivity contribution in [1.82, 2.24) is 14.5 Å². The third-order valence-electron chi connectivity index (χ3n) is 3.94. The standard InChI is InChI=1S/C14H16FN3O2/c1-17-12-8-9(15)2-3-11(12)18(14(20)13(17)19)10-4-6-16-7-5-10/h2-3,8,10,16H,4-7H2,1H3. The Kier molecular flexibility index (Phi) is 3.17. The summed E-state index contributed by atoms with van der Waals surface area (Å²) in [7, 11) is 1.50. The Morgan fingerprint density at radius 2 is 1.85 bits per heavy atom. The van der Waals surface area contributed by atoms with E-state index >= 15 is 0 Å². The van der Waals surface area contributed by atoms with Crippen LogP contribution in [0.2, 0.25) is 0 Å². The minimum Gasteiger partial charge on any atom is -0.317 e. The van der Waals surface area contributed by atoms with Crippen molar-refractivity contribution < 1.29 is 4.39 Å². The summed E-state index contributed by atoms with van der Waals surface area (Å²) in [6.07, 6.45) is 1.58. The van der Waals surface area contributed by atoms with E-state index in [0.29, 0.717) is 11.0 Å². The van der Waals surface area contributed by atoms with Gasteiger partial charge in [-0.05, 0) is 44.1 Å². The molecule has 3 rings (SSSR count). The van der Waals surface area contributed by atoms with Crippen molar-refractivity contribution in [2.75, 3.05) is 13.1 Å². The van der Waals surface area contributed by atoms with Gasteiger partial charge in [-0.2, -0.15) is 0 Å². The average molecular weight is 277 g/mol. The van der Waals surface area contributed by atoms with Gasteiger partial charge in [0.1, 0.15) is 5.82 Å². The zero-order valence-electron chi connectivity index (χ0n) is 11.2. The lowest BCUT2D eigenvalue weighted by molar-refractivity contribution is 0.366. The maximum atomic E-state index is 13.4. The van der Waals surface area contributed by atoms with E-state index in [1.165, 1.54) is 28.3 Å². The fourth-order valence-electron chi connectivity index (χ4n) is 2.86. The first-order valence-electron chi connectivity index (χ1n) is 6.71. The molecule has 0 amide bonds. The monoisotopic (exact) mass is 277 g/mol. The number of aryl methyl sites for hydroxylation is 1. The SMILES string of the molecule is Cn1c(=O)c(=O)n(C2CCNCC2)c2ccc(F)cc21. The molecule has 0 spiro atoms. The maximum absolute atomic E-state index is 13.4. The van der Waals surface area contributed by atoms with Crippen molar-refractivity contribution in [3.63, 3.8) is 0 Å². The number of nitrogens with zero attached hydrogens (tertiary/aromatic N) is 2. The van der Waals surface area contributed by atoms with E-state index in [9.17, 15) is 14.0 Å². The molecule has 1 aliphatic heterocycles. The van der Waals surface area contributed by atoms with Crippen molar-refractivity contribution in [2.24, 2.45) is 7.05 Å². The average Bonchev–Trinajstić information content (AvgIpc) is 2.47. The van der Waals surface area contributed by atoms with Gasteiger partial charge in [0.05, 0.1) is 11.0 Å². The molecule has 6 heteroatoms. The van der Waals surface area contributed by atoms with Gasteiger partial charge in [-0.3, -0.25) is 14.2 Å². The van der Waals surface area contributed by atoms with Gasteiger partial charge in [-0.1, -0.05) is 0 Å². The second-order valence-corrected chi connectivity index (χ2v) is 5.15. The van der Waals surface area contributed by atoms with Gasteiger partial charge in [0.25, 0.3) is 0 Å². The summed E-state index contributed by atoms with van der Waals surface area (Å²) in [6.45, 7) is 1.63. The first-order chi connectivity index (χ1) is 9.59. The molecule has 1 aliphatic rings. The van der Waals surface area contributed by atoms with Gasteiger partial charge in [0.15, 0.2) is 0 Å². The van der Waals surface area contributed by atoms with Crippen LogP contribution in [0.1, 0.15) is 18.9 Å². The fraction of sp³-hybridized carbons (Fsp3) is 0.429. The van der Waals surface area contributed by atoms with Gasteiger partial charge in [0, 0.05) is 13.1 Å².